The van der Waals surface area contributed by atoms with E-state index in [1.807, 2.05) is 30.3 Å². The highest BCUT2D eigenvalue weighted by Crippen LogP contribution is 2.33. The van der Waals surface area contributed by atoms with Gasteiger partial charge < -0.3 is 19.0 Å². The number of methoxy groups -OCH3 is 2. The molecule has 0 atom stereocenters. The van der Waals surface area contributed by atoms with E-state index in [9.17, 15) is 5.11 Å². The highest BCUT2D eigenvalue weighted by molar-refractivity contribution is 5.76. The van der Waals surface area contributed by atoms with E-state index in [1.54, 1.807) is 26.5 Å². The fourth-order valence-corrected chi connectivity index (χ4v) is 2.21. The minimum atomic E-state index is -0.271. The predicted molar refractivity (Wildman–Crippen MR) is 84.2 cm³/mol. The summed E-state index contributed by atoms with van der Waals surface area (Å²) in [6.07, 6.45) is 1.65. The zero-order valence-corrected chi connectivity index (χ0v) is 12.8. The lowest BCUT2D eigenvalue weighted by atomic mass is 10.1. The van der Waals surface area contributed by atoms with Crippen molar-refractivity contribution < 1.29 is 19.0 Å². The van der Waals surface area contributed by atoms with Crippen molar-refractivity contribution in [1.29, 1.82) is 0 Å². The van der Waals surface area contributed by atoms with Gasteiger partial charge in [-0.05, 0) is 30.3 Å². The summed E-state index contributed by atoms with van der Waals surface area (Å²) in [6.45, 7) is -0.271. The SMILES string of the molecule is COc1ccc(-c2nc(CO)oc2-c2ccc(OC)nc2)cc1. The molecule has 0 unspecified atom stereocenters. The molecule has 0 aliphatic heterocycles. The van der Waals surface area contributed by atoms with Gasteiger partial charge in [0.15, 0.2) is 5.76 Å². The Kier molecular flexibility index (Phi) is 4.25. The second-order valence-electron chi connectivity index (χ2n) is 4.76. The van der Waals surface area contributed by atoms with Crippen molar-refractivity contribution in [1.82, 2.24) is 9.97 Å². The Hall–Kier alpha value is -2.86. The van der Waals surface area contributed by atoms with Crippen molar-refractivity contribution in [2.45, 2.75) is 6.61 Å². The normalized spacial score (nSPS) is 10.6. The van der Waals surface area contributed by atoms with Gasteiger partial charge in [-0.25, -0.2) is 9.97 Å². The van der Waals surface area contributed by atoms with Gasteiger partial charge in [0.25, 0.3) is 0 Å². The van der Waals surface area contributed by atoms with Crippen LogP contribution in [-0.2, 0) is 6.61 Å². The van der Waals surface area contributed by atoms with Gasteiger partial charge in [-0.2, -0.15) is 0 Å². The molecule has 3 rings (SSSR count). The van der Waals surface area contributed by atoms with Gasteiger partial charge in [-0.15, -0.1) is 0 Å². The van der Waals surface area contributed by atoms with Crippen LogP contribution in [0.15, 0.2) is 47.0 Å². The summed E-state index contributed by atoms with van der Waals surface area (Å²) in [7, 11) is 3.17. The second-order valence-corrected chi connectivity index (χ2v) is 4.76. The maximum Gasteiger partial charge on any atom is 0.221 e. The van der Waals surface area contributed by atoms with Crippen LogP contribution in [0.2, 0.25) is 0 Å². The molecule has 6 heteroatoms. The summed E-state index contributed by atoms with van der Waals surface area (Å²) in [5.74, 6) is 2.07. The average molecular weight is 312 g/mol. The number of ether oxygens (including phenoxy) is 2. The predicted octanol–water partition coefficient (Wildman–Crippen LogP) is 2.91. The van der Waals surface area contributed by atoms with Crippen LogP contribution in [0.5, 0.6) is 11.6 Å². The van der Waals surface area contributed by atoms with E-state index in [1.165, 1.54) is 0 Å². The van der Waals surface area contributed by atoms with E-state index in [-0.39, 0.29) is 12.5 Å². The third kappa shape index (κ3) is 3.02. The van der Waals surface area contributed by atoms with Crippen LogP contribution in [-0.4, -0.2) is 29.3 Å². The molecule has 2 heterocycles. The molecule has 0 fully saturated rings. The number of nitrogens with zero attached hydrogens (tertiary/aromatic N) is 2. The van der Waals surface area contributed by atoms with E-state index in [0.717, 1.165) is 16.9 Å². The average Bonchev–Trinajstić information content (AvgIpc) is 3.06. The molecule has 0 spiro atoms. The van der Waals surface area contributed by atoms with E-state index in [4.69, 9.17) is 13.9 Å². The number of pyridine rings is 1. The Labute approximate surface area is 133 Å². The summed E-state index contributed by atoms with van der Waals surface area (Å²) in [6, 6.07) is 11.0. The first-order chi connectivity index (χ1) is 11.2. The standard InChI is InChI=1S/C17H16N2O4/c1-21-13-6-3-11(4-7-13)16-17(23-15(10-20)19-16)12-5-8-14(22-2)18-9-12/h3-9,20H,10H2,1-2H3. The number of aliphatic hydroxyl groups excluding tert-OH is 1. The van der Waals surface area contributed by atoms with Crippen molar-refractivity contribution in [3.63, 3.8) is 0 Å². The number of aliphatic hydroxyl groups is 1. The van der Waals surface area contributed by atoms with Gasteiger partial charge in [0.1, 0.15) is 18.1 Å². The first-order valence-corrected chi connectivity index (χ1v) is 7.00. The van der Waals surface area contributed by atoms with Crippen molar-refractivity contribution >= 4 is 0 Å². The Balaban J connectivity index is 2.06. The number of hydrogen-bond acceptors (Lipinski definition) is 6. The van der Waals surface area contributed by atoms with Crippen LogP contribution >= 0.6 is 0 Å². The first-order valence-electron chi connectivity index (χ1n) is 7.00. The largest absolute Gasteiger partial charge is 0.497 e. The third-order valence-corrected chi connectivity index (χ3v) is 3.38. The Morgan fingerprint density at radius 2 is 1.74 bits per heavy atom. The van der Waals surface area contributed by atoms with Gasteiger partial charge in [0, 0.05) is 23.4 Å². The molecule has 1 N–H and O–H groups in total. The first kappa shape index (κ1) is 15.1. The number of benzene rings is 1. The molecule has 0 aliphatic rings. The van der Waals surface area contributed by atoms with Crippen LogP contribution in [0.1, 0.15) is 5.89 Å². The summed E-state index contributed by atoms with van der Waals surface area (Å²) < 4.78 is 15.9. The molecule has 0 saturated heterocycles. The lowest BCUT2D eigenvalue weighted by Gasteiger charge is -2.04. The second kappa shape index (κ2) is 6.50. The molecule has 3 aromatic rings. The van der Waals surface area contributed by atoms with Gasteiger partial charge in [0.2, 0.25) is 11.8 Å². The van der Waals surface area contributed by atoms with E-state index < -0.39 is 0 Å². The van der Waals surface area contributed by atoms with Gasteiger partial charge >= 0.3 is 0 Å². The van der Waals surface area contributed by atoms with E-state index >= 15 is 0 Å². The quantitative estimate of drug-likeness (QED) is 0.780. The van der Waals surface area contributed by atoms with Crippen LogP contribution < -0.4 is 9.47 Å². The van der Waals surface area contributed by atoms with E-state index in [2.05, 4.69) is 9.97 Å². The number of hydrogen-bond donors (Lipinski definition) is 1. The lowest BCUT2D eigenvalue weighted by Crippen LogP contribution is -1.88. The van der Waals surface area contributed by atoms with Gasteiger partial charge in [-0.3, -0.25) is 0 Å². The molecule has 118 valence electrons. The van der Waals surface area contributed by atoms with Crippen molar-refractivity contribution in [3.8, 4) is 34.2 Å². The molecule has 0 bridgehead atoms. The molecule has 1 aromatic carbocycles. The Morgan fingerprint density at radius 1 is 1.00 bits per heavy atom. The van der Waals surface area contributed by atoms with Gasteiger partial charge in [0.05, 0.1) is 14.2 Å². The summed E-state index contributed by atoms with van der Waals surface area (Å²) in [4.78, 5) is 8.54. The highest BCUT2D eigenvalue weighted by Gasteiger charge is 2.17. The Morgan fingerprint density at radius 3 is 2.30 bits per heavy atom. The zero-order valence-electron chi connectivity index (χ0n) is 12.8. The maximum absolute atomic E-state index is 9.32. The van der Waals surface area contributed by atoms with Crippen LogP contribution in [0, 0.1) is 0 Å². The molecule has 0 aliphatic carbocycles. The fraction of sp³-hybridized carbons (Fsp3) is 0.176. The Bertz CT molecular complexity index is 714. The van der Waals surface area contributed by atoms with Crippen molar-refractivity contribution in [2.24, 2.45) is 0 Å². The van der Waals surface area contributed by atoms with Crippen LogP contribution in [0.25, 0.3) is 22.6 Å². The van der Waals surface area contributed by atoms with Crippen LogP contribution in [0.4, 0.5) is 0 Å². The van der Waals surface area contributed by atoms with Gasteiger partial charge in [-0.1, -0.05) is 0 Å². The number of aromatic nitrogens is 2. The smallest absolute Gasteiger partial charge is 0.221 e. The minimum absolute atomic E-state index is 0.252. The molecular formula is C17H16N2O4. The molecule has 23 heavy (non-hydrogen) atoms. The molecule has 2 aromatic heterocycles. The fourth-order valence-electron chi connectivity index (χ4n) is 2.21. The van der Waals surface area contributed by atoms with Crippen molar-refractivity contribution in [2.75, 3.05) is 14.2 Å². The summed E-state index contributed by atoms with van der Waals surface area (Å²) in [5.41, 5.74) is 2.26. The summed E-state index contributed by atoms with van der Waals surface area (Å²) >= 11 is 0. The van der Waals surface area contributed by atoms with Crippen molar-refractivity contribution in [3.05, 3.63) is 48.5 Å². The molecule has 0 amide bonds. The monoisotopic (exact) mass is 312 g/mol. The number of oxazole rings is 1. The maximum atomic E-state index is 9.32. The lowest BCUT2D eigenvalue weighted by molar-refractivity contribution is 0.241. The van der Waals surface area contributed by atoms with E-state index in [0.29, 0.717) is 17.3 Å². The topological polar surface area (TPSA) is 77.6 Å². The minimum Gasteiger partial charge on any atom is -0.497 e. The third-order valence-electron chi connectivity index (χ3n) is 3.38. The van der Waals surface area contributed by atoms with Crippen LogP contribution in [0.3, 0.4) is 0 Å². The number of rotatable bonds is 5. The molecule has 0 saturated carbocycles. The zero-order chi connectivity index (χ0) is 16.2. The highest BCUT2D eigenvalue weighted by atomic mass is 16.5. The molecule has 0 radical (unpaired) electrons. The molecular weight excluding hydrogens is 296 g/mol. The molecule has 6 nitrogen and oxygen atoms in total. The summed E-state index contributed by atoms with van der Waals surface area (Å²) in [5, 5.41) is 9.32.